The molecule has 0 radical (unpaired) electrons. The molecule has 0 aromatic heterocycles. The van der Waals surface area contributed by atoms with Gasteiger partial charge in [-0.25, -0.2) is 0 Å². The maximum Gasteiger partial charge on any atom is 0.174 e. The predicted octanol–water partition coefficient (Wildman–Crippen LogP) is 5.08. The van der Waals surface area contributed by atoms with Gasteiger partial charge >= 0.3 is 0 Å². The van der Waals surface area contributed by atoms with Crippen LogP contribution < -0.4 is 0 Å². The molecule has 3 saturated carbocycles. The molecule has 3 heteroatoms. The fraction of sp³-hybridized carbons (Fsp3) is 0.913. The van der Waals surface area contributed by atoms with Crippen molar-refractivity contribution >= 4 is 0 Å². The van der Waals surface area contributed by atoms with Gasteiger partial charge in [0, 0.05) is 11.8 Å². The summed E-state index contributed by atoms with van der Waals surface area (Å²) in [7, 11) is 0. The zero-order chi connectivity index (χ0) is 18.6. The van der Waals surface area contributed by atoms with E-state index < -0.39 is 0 Å². The van der Waals surface area contributed by atoms with Crippen molar-refractivity contribution in [3.63, 3.8) is 0 Å². The second-order valence-corrected chi connectivity index (χ2v) is 9.60. The van der Waals surface area contributed by atoms with Gasteiger partial charge in [-0.15, -0.1) is 0 Å². The Bertz CT molecular complexity index is 564. The van der Waals surface area contributed by atoms with Crippen LogP contribution in [0.3, 0.4) is 0 Å². The van der Waals surface area contributed by atoms with Crippen LogP contribution in [0.25, 0.3) is 0 Å². The summed E-state index contributed by atoms with van der Waals surface area (Å²) in [6.45, 7) is 10.5. The molecule has 1 spiro atoms. The second kappa shape index (κ2) is 6.60. The molecule has 1 heterocycles. The first-order chi connectivity index (χ1) is 12.5. The average Bonchev–Trinajstić information content (AvgIpc) is 3.24. The molecule has 1 saturated heterocycles. The van der Waals surface area contributed by atoms with Gasteiger partial charge in [0.25, 0.3) is 0 Å². The van der Waals surface area contributed by atoms with Gasteiger partial charge < -0.3 is 14.6 Å². The molecular weight excluding hydrogens is 324 g/mol. The van der Waals surface area contributed by atoms with Crippen molar-refractivity contribution in [3.8, 4) is 0 Å². The molecule has 148 valence electrons. The van der Waals surface area contributed by atoms with Crippen LogP contribution in [0.2, 0.25) is 0 Å². The number of ether oxygens (including phenoxy) is 2. The van der Waals surface area contributed by atoms with Gasteiger partial charge in [-0.2, -0.15) is 0 Å². The van der Waals surface area contributed by atoms with Crippen LogP contribution in [0.5, 0.6) is 0 Å². The normalized spacial score (nSPS) is 48.7. The maximum absolute atomic E-state index is 10.1. The Kier molecular flexibility index (Phi) is 4.81. The summed E-state index contributed by atoms with van der Waals surface area (Å²) in [5, 5.41) is 10.1. The van der Waals surface area contributed by atoms with Crippen LogP contribution >= 0.6 is 0 Å². The molecule has 5 aliphatic rings. The lowest BCUT2D eigenvalue weighted by Crippen LogP contribution is -2.55. The molecule has 0 amide bonds. The van der Waals surface area contributed by atoms with E-state index in [0.29, 0.717) is 5.41 Å². The minimum atomic E-state index is -0.281. The summed E-state index contributed by atoms with van der Waals surface area (Å²) in [4.78, 5) is 0. The minimum Gasteiger partial charge on any atom is -0.393 e. The molecule has 1 N–H and O–H groups in total. The average molecular weight is 363 g/mol. The summed E-state index contributed by atoms with van der Waals surface area (Å²) < 4.78 is 12.5. The third-order valence-corrected chi connectivity index (χ3v) is 8.88. The van der Waals surface area contributed by atoms with Crippen molar-refractivity contribution in [1.82, 2.24) is 0 Å². The summed E-state index contributed by atoms with van der Waals surface area (Å²) >= 11 is 0. The fourth-order valence-electron chi connectivity index (χ4n) is 7.53. The van der Waals surface area contributed by atoms with Crippen molar-refractivity contribution in [2.24, 2.45) is 28.6 Å². The topological polar surface area (TPSA) is 38.7 Å². The van der Waals surface area contributed by atoms with Gasteiger partial charge in [-0.3, -0.25) is 0 Å². The molecule has 1 aliphatic heterocycles. The van der Waals surface area contributed by atoms with E-state index in [1.807, 2.05) is 13.8 Å². The first kappa shape index (κ1) is 19.0. The molecule has 4 fully saturated rings. The quantitative estimate of drug-likeness (QED) is 0.611. The van der Waals surface area contributed by atoms with Gasteiger partial charge in [-0.1, -0.05) is 39.3 Å². The highest BCUT2D eigenvalue weighted by Gasteiger charge is 2.66. The minimum absolute atomic E-state index is 0.107. The van der Waals surface area contributed by atoms with Crippen molar-refractivity contribution in [1.29, 1.82) is 0 Å². The van der Waals surface area contributed by atoms with Crippen molar-refractivity contribution in [2.45, 2.75) is 91.0 Å². The molecule has 6 unspecified atom stereocenters. The van der Waals surface area contributed by atoms with Crippen LogP contribution in [-0.2, 0) is 9.47 Å². The van der Waals surface area contributed by atoms with Crippen LogP contribution in [0.15, 0.2) is 11.6 Å². The number of aliphatic hydroxyl groups excluding tert-OH is 1. The zero-order valence-corrected chi connectivity index (χ0v) is 17.2. The maximum atomic E-state index is 10.1. The van der Waals surface area contributed by atoms with Gasteiger partial charge in [0.1, 0.15) is 0 Å². The Hall–Kier alpha value is -0.380. The molecule has 0 aromatic carbocycles. The van der Waals surface area contributed by atoms with E-state index in [1.165, 1.54) is 32.1 Å². The Balaban J connectivity index is 0.000000814. The molecule has 5 rings (SSSR count). The van der Waals surface area contributed by atoms with Crippen molar-refractivity contribution in [2.75, 3.05) is 13.2 Å². The summed E-state index contributed by atoms with van der Waals surface area (Å²) in [5.41, 5.74) is 2.09. The van der Waals surface area contributed by atoms with Crippen LogP contribution in [0.1, 0.15) is 79.1 Å². The first-order valence-corrected chi connectivity index (χ1v) is 11.1. The van der Waals surface area contributed by atoms with Crippen molar-refractivity contribution < 1.29 is 14.6 Å². The fourth-order valence-corrected chi connectivity index (χ4v) is 7.53. The van der Waals surface area contributed by atoms with E-state index in [-0.39, 0.29) is 17.3 Å². The summed E-state index contributed by atoms with van der Waals surface area (Å²) in [6.07, 6.45) is 11.6. The lowest BCUT2D eigenvalue weighted by molar-refractivity contribution is -0.242. The summed E-state index contributed by atoms with van der Waals surface area (Å²) in [5.74, 6) is 2.02. The Morgan fingerprint density at radius 3 is 2.38 bits per heavy atom. The number of fused-ring (bicyclic) bond motifs is 6. The van der Waals surface area contributed by atoms with E-state index in [4.69, 9.17) is 9.47 Å². The smallest absolute Gasteiger partial charge is 0.174 e. The first-order valence-electron chi connectivity index (χ1n) is 11.1. The summed E-state index contributed by atoms with van der Waals surface area (Å²) in [6, 6.07) is 0. The third kappa shape index (κ3) is 2.42. The molecule has 4 aliphatic carbocycles. The molecule has 6 atom stereocenters. The highest BCUT2D eigenvalue weighted by molar-refractivity contribution is 5.26. The lowest BCUT2D eigenvalue weighted by Gasteiger charge is -2.58. The van der Waals surface area contributed by atoms with Crippen LogP contribution in [0, 0.1) is 28.6 Å². The third-order valence-electron chi connectivity index (χ3n) is 8.88. The van der Waals surface area contributed by atoms with Gasteiger partial charge in [-0.05, 0) is 68.1 Å². The molecule has 3 nitrogen and oxygen atoms in total. The highest BCUT2D eigenvalue weighted by atomic mass is 16.7. The largest absolute Gasteiger partial charge is 0.393 e. The van der Waals surface area contributed by atoms with Gasteiger partial charge in [0.2, 0.25) is 0 Å². The van der Waals surface area contributed by atoms with E-state index in [2.05, 4.69) is 19.9 Å². The molecule has 26 heavy (non-hydrogen) atoms. The predicted molar refractivity (Wildman–Crippen MR) is 104 cm³/mol. The van der Waals surface area contributed by atoms with Crippen molar-refractivity contribution in [3.05, 3.63) is 11.6 Å². The Morgan fingerprint density at radius 1 is 0.962 bits per heavy atom. The lowest BCUT2D eigenvalue weighted by atomic mass is 9.47. The Morgan fingerprint density at radius 2 is 1.65 bits per heavy atom. The molecule has 0 aromatic rings. The molecular formula is C23H38O3. The number of rotatable bonds is 0. The monoisotopic (exact) mass is 362 g/mol. The Labute approximate surface area is 159 Å². The van der Waals surface area contributed by atoms with Gasteiger partial charge in [0.05, 0.1) is 19.3 Å². The SMILES string of the molecule is CC.CC12CCC(O)CC1=CCC1C2CCC2(C)C1CCC21OCCO1. The van der Waals surface area contributed by atoms with E-state index in [1.54, 1.807) is 5.57 Å². The second-order valence-electron chi connectivity index (χ2n) is 9.60. The number of aliphatic hydroxyl groups is 1. The molecule has 0 bridgehead atoms. The van der Waals surface area contributed by atoms with Crippen LogP contribution in [0.4, 0.5) is 0 Å². The number of allylic oxidation sites excluding steroid dienone is 1. The zero-order valence-electron chi connectivity index (χ0n) is 17.2. The standard InChI is InChI=1S/C21H32O3.C2H6/c1-19-8-5-15(22)13-14(19)3-4-16-17(19)6-9-20(2)18(16)7-10-21(20)23-11-12-24-21;1-2/h3,15-18,22H,4-13H2,1-2H3;1-2H3. The number of hydrogen-bond donors (Lipinski definition) is 1. The van der Waals surface area contributed by atoms with E-state index >= 15 is 0 Å². The van der Waals surface area contributed by atoms with E-state index in [9.17, 15) is 5.11 Å². The highest BCUT2D eigenvalue weighted by Crippen LogP contribution is 2.68. The number of hydrogen-bond acceptors (Lipinski definition) is 3. The van der Waals surface area contributed by atoms with Crippen LogP contribution in [-0.4, -0.2) is 30.2 Å². The van der Waals surface area contributed by atoms with E-state index in [0.717, 1.165) is 50.2 Å². The van der Waals surface area contributed by atoms with Gasteiger partial charge in [0.15, 0.2) is 5.79 Å².